The molecule has 1 atom stereocenters. The molecular weight excluding hydrogens is 236 g/mol. The largest absolute Gasteiger partial charge is 0.378 e. The van der Waals surface area contributed by atoms with Crippen molar-refractivity contribution in [1.29, 1.82) is 0 Å². The molecule has 2 rings (SSSR count). The van der Waals surface area contributed by atoms with Gasteiger partial charge < -0.3 is 10.1 Å². The van der Waals surface area contributed by atoms with Gasteiger partial charge >= 0.3 is 0 Å². The lowest BCUT2D eigenvalue weighted by Gasteiger charge is -2.24. The van der Waals surface area contributed by atoms with Gasteiger partial charge in [-0.2, -0.15) is 0 Å². The van der Waals surface area contributed by atoms with E-state index in [4.69, 9.17) is 4.74 Å². The molecule has 1 heterocycles. The van der Waals surface area contributed by atoms with Crippen LogP contribution in [0.3, 0.4) is 0 Å². The number of nitrogens with one attached hydrogen (secondary N) is 1. The minimum Gasteiger partial charge on any atom is -0.378 e. The molecule has 0 radical (unpaired) electrons. The van der Waals surface area contributed by atoms with Crippen molar-refractivity contribution in [3.8, 4) is 0 Å². The van der Waals surface area contributed by atoms with Crippen molar-refractivity contribution in [1.82, 2.24) is 5.32 Å². The highest BCUT2D eigenvalue weighted by atomic mass is 35.5. The molecule has 0 bridgehead atoms. The average molecular weight is 250 g/mol. The first-order valence-corrected chi connectivity index (χ1v) is 4.96. The Bertz CT molecular complexity index is 367. The van der Waals surface area contributed by atoms with E-state index >= 15 is 0 Å². The molecular formula is C11H14ClF2NO. The van der Waals surface area contributed by atoms with E-state index < -0.39 is 11.6 Å². The van der Waals surface area contributed by atoms with E-state index in [1.165, 1.54) is 0 Å². The summed E-state index contributed by atoms with van der Waals surface area (Å²) < 4.78 is 32.1. The maximum absolute atomic E-state index is 13.6. The van der Waals surface area contributed by atoms with Crippen LogP contribution in [-0.2, 0) is 4.74 Å². The molecule has 0 saturated carbocycles. The van der Waals surface area contributed by atoms with Gasteiger partial charge in [0.25, 0.3) is 0 Å². The van der Waals surface area contributed by atoms with Crippen LogP contribution in [0.1, 0.15) is 17.2 Å². The monoisotopic (exact) mass is 249 g/mol. The molecule has 1 aliphatic rings. The van der Waals surface area contributed by atoms with E-state index in [-0.39, 0.29) is 18.4 Å². The Balaban J connectivity index is 0.00000128. The van der Waals surface area contributed by atoms with E-state index in [1.54, 1.807) is 19.1 Å². The number of ether oxygens (including phenoxy) is 1. The molecule has 0 aliphatic carbocycles. The summed E-state index contributed by atoms with van der Waals surface area (Å²) in [6.07, 6.45) is 0. The summed E-state index contributed by atoms with van der Waals surface area (Å²) in [5.74, 6) is -1.53. The summed E-state index contributed by atoms with van der Waals surface area (Å²) in [4.78, 5) is 0. The van der Waals surface area contributed by atoms with Gasteiger partial charge in [0, 0.05) is 12.1 Å². The summed E-state index contributed by atoms with van der Waals surface area (Å²) >= 11 is 0. The van der Waals surface area contributed by atoms with Crippen LogP contribution in [0.4, 0.5) is 8.78 Å². The molecule has 1 N–H and O–H groups in total. The van der Waals surface area contributed by atoms with Crippen LogP contribution in [0.25, 0.3) is 0 Å². The minimum absolute atomic E-state index is 0. The van der Waals surface area contributed by atoms with E-state index in [2.05, 4.69) is 5.32 Å². The number of hydrogen-bond donors (Lipinski definition) is 1. The molecule has 16 heavy (non-hydrogen) atoms. The van der Waals surface area contributed by atoms with E-state index in [0.717, 1.165) is 0 Å². The molecule has 0 spiro atoms. The van der Waals surface area contributed by atoms with Crippen molar-refractivity contribution in [3.63, 3.8) is 0 Å². The fourth-order valence-corrected chi connectivity index (χ4v) is 1.70. The third kappa shape index (κ3) is 2.51. The number of halogens is 3. The zero-order valence-corrected chi connectivity index (χ0v) is 9.74. The number of benzene rings is 1. The van der Waals surface area contributed by atoms with Gasteiger partial charge in [0.15, 0.2) is 11.6 Å². The molecule has 0 amide bonds. The van der Waals surface area contributed by atoms with Crippen molar-refractivity contribution in [3.05, 3.63) is 34.9 Å². The van der Waals surface area contributed by atoms with E-state index in [0.29, 0.717) is 30.9 Å². The van der Waals surface area contributed by atoms with E-state index in [1.807, 2.05) is 0 Å². The van der Waals surface area contributed by atoms with Crippen LogP contribution in [-0.4, -0.2) is 19.8 Å². The predicted octanol–water partition coefficient (Wildman–Crippen LogP) is 2.36. The summed E-state index contributed by atoms with van der Waals surface area (Å²) in [7, 11) is 0. The second-order valence-corrected chi connectivity index (χ2v) is 3.68. The molecule has 90 valence electrons. The lowest BCUT2D eigenvalue weighted by Crippen LogP contribution is -2.35. The predicted molar refractivity (Wildman–Crippen MR) is 59.9 cm³/mol. The molecule has 1 fully saturated rings. The molecule has 0 aromatic heterocycles. The first kappa shape index (κ1) is 13.4. The number of aryl methyl sites for hydroxylation is 1. The van der Waals surface area contributed by atoms with Crippen LogP contribution in [0, 0.1) is 18.6 Å². The lowest BCUT2D eigenvalue weighted by molar-refractivity contribution is 0.0755. The molecule has 5 heteroatoms. The zero-order valence-electron chi connectivity index (χ0n) is 8.93. The average Bonchev–Trinajstić information content (AvgIpc) is 2.27. The van der Waals surface area contributed by atoms with E-state index in [9.17, 15) is 8.78 Å². The smallest absolute Gasteiger partial charge is 0.163 e. The van der Waals surface area contributed by atoms with Gasteiger partial charge in [-0.1, -0.05) is 12.1 Å². The van der Waals surface area contributed by atoms with Gasteiger partial charge in [0.1, 0.15) is 0 Å². The second-order valence-electron chi connectivity index (χ2n) is 3.68. The standard InChI is InChI=1S/C11H13F2NO.ClH/c1-7-2-3-8(11(13)10(7)12)9-6-15-5-4-14-9;/h2-3,9,14H,4-6H2,1H3;1H/t9-;/m0./s1. The minimum atomic E-state index is -0.766. The molecule has 1 aliphatic heterocycles. The van der Waals surface area contributed by atoms with Gasteiger partial charge in [-0.15, -0.1) is 12.4 Å². The van der Waals surface area contributed by atoms with Crippen molar-refractivity contribution < 1.29 is 13.5 Å². The Kier molecular flexibility index (Phi) is 4.65. The topological polar surface area (TPSA) is 21.3 Å². The lowest BCUT2D eigenvalue weighted by atomic mass is 10.0. The van der Waals surface area contributed by atoms with Crippen LogP contribution < -0.4 is 5.32 Å². The van der Waals surface area contributed by atoms with Crippen LogP contribution in [0.2, 0.25) is 0 Å². The van der Waals surface area contributed by atoms with Crippen LogP contribution >= 0.6 is 12.4 Å². The fourth-order valence-electron chi connectivity index (χ4n) is 1.70. The molecule has 1 saturated heterocycles. The highest BCUT2D eigenvalue weighted by molar-refractivity contribution is 5.85. The fraction of sp³-hybridized carbons (Fsp3) is 0.455. The summed E-state index contributed by atoms with van der Waals surface area (Å²) in [5.41, 5.74) is 0.672. The second kappa shape index (κ2) is 5.57. The van der Waals surface area contributed by atoms with Gasteiger partial charge in [0.2, 0.25) is 0 Å². The van der Waals surface area contributed by atoms with Gasteiger partial charge in [-0.3, -0.25) is 0 Å². The summed E-state index contributed by atoms with van der Waals surface area (Å²) in [5, 5.41) is 3.09. The Morgan fingerprint density at radius 3 is 2.69 bits per heavy atom. The Morgan fingerprint density at radius 2 is 2.06 bits per heavy atom. The van der Waals surface area contributed by atoms with Crippen molar-refractivity contribution in [2.24, 2.45) is 0 Å². The number of rotatable bonds is 1. The Morgan fingerprint density at radius 1 is 1.31 bits per heavy atom. The Hall–Kier alpha value is -0.710. The van der Waals surface area contributed by atoms with Gasteiger partial charge in [0.05, 0.1) is 19.3 Å². The summed E-state index contributed by atoms with van der Waals surface area (Å²) in [6.45, 7) is 3.22. The third-order valence-electron chi connectivity index (χ3n) is 2.60. The maximum atomic E-state index is 13.6. The molecule has 1 aromatic rings. The first-order chi connectivity index (χ1) is 7.20. The van der Waals surface area contributed by atoms with Crippen molar-refractivity contribution in [2.75, 3.05) is 19.8 Å². The molecule has 0 unspecified atom stereocenters. The summed E-state index contributed by atoms with van der Waals surface area (Å²) in [6, 6.07) is 2.96. The Labute approximate surface area is 99.4 Å². The van der Waals surface area contributed by atoms with Crippen molar-refractivity contribution in [2.45, 2.75) is 13.0 Å². The first-order valence-electron chi connectivity index (χ1n) is 4.96. The van der Waals surface area contributed by atoms with Crippen LogP contribution in [0.15, 0.2) is 12.1 Å². The molecule has 1 aromatic carbocycles. The third-order valence-corrected chi connectivity index (χ3v) is 2.60. The highest BCUT2D eigenvalue weighted by Gasteiger charge is 2.21. The maximum Gasteiger partial charge on any atom is 0.163 e. The quantitative estimate of drug-likeness (QED) is 0.825. The highest BCUT2D eigenvalue weighted by Crippen LogP contribution is 2.23. The zero-order chi connectivity index (χ0) is 10.8. The van der Waals surface area contributed by atoms with Gasteiger partial charge in [-0.05, 0) is 12.5 Å². The van der Waals surface area contributed by atoms with Gasteiger partial charge in [-0.25, -0.2) is 8.78 Å². The van der Waals surface area contributed by atoms with Crippen LogP contribution in [0.5, 0.6) is 0 Å². The number of morpholine rings is 1. The normalized spacial score (nSPS) is 20.3. The number of hydrogen-bond acceptors (Lipinski definition) is 2. The molecule has 2 nitrogen and oxygen atoms in total. The SMILES string of the molecule is Cc1ccc([C@@H]2COCCN2)c(F)c1F.Cl. The van der Waals surface area contributed by atoms with Crippen molar-refractivity contribution >= 4 is 12.4 Å².